The lowest BCUT2D eigenvalue weighted by Gasteiger charge is -2.04. The zero-order chi connectivity index (χ0) is 21.9. The van der Waals surface area contributed by atoms with Crippen LogP contribution in [0.4, 0.5) is 13.2 Å². The number of rotatable bonds is 5. The molecule has 1 aromatic carbocycles. The molecule has 6 rings (SSSR count). The Balaban J connectivity index is 1.31. The molecule has 8 nitrogen and oxygen atoms in total. The highest BCUT2D eigenvalue weighted by atomic mass is 19.4. The van der Waals surface area contributed by atoms with E-state index in [-0.39, 0.29) is 12.5 Å². The summed E-state index contributed by atoms with van der Waals surface area (Å²) in [4.78, 5) is 9.08. The van der Waals surface area contributed by atoms with E-state index in [1.54, 1.807) is 21.7 Å². The monoisotopic (exact) mass is 438 g/mol. The number of para-hydroxylation sites is 1. The van der Waals surface area contributed by atoms with Gasteiger partial charge in [-0.25, -0.2) is 19.2 Å². The Bertz CT molecular complexity index is 1430. The van der Waals surface area contributed by atoms with Gasteiger partial charge in [0, 0.05) is 24.6 Å². The van der Waals surface area contributed by atoms with Gasteiger partial charge in [0.25, 0.3) is 0 Å². The second-order valence-electron chi connectivity index (χ2n) is 7.87. The number of halogens is 3. The van der Waals surface area contributed by atoms with E-state index in [1.165, 1.54) is 10.7 Å². The molecular weight excluding hydrogens is 421 g/mol. The molecule has 1 aliphatic rings. The fraction of sp³-hybridized carbons (Fsp3) is 0.286. The molecule has 0 atom stereocenters. The molecular formula is C21H17F3N8. The Morgan fingerprint density at radius 3 is 2.59 bits per heavy atom. The summed E-state index contributed by atoms with van der Waals surface area (Å²) in [6.45, 7) is 0.276. The molecule has 4 heterocycles. The number of hydrogen-bond donors (Lipinski definition) is 0. The van der Waals surface area contributed by atoms with Gasteiger partial charge in [-0.05, 0) is 31.0 Å². The van der Waals surface area contributed by atoms with Gasteiger partial charge < -0.3 is 0 Å². The third-order valence-corrected chi connectivity index (χ3v) is 5.59. The second-order valence-corrected chi connectivity index (χ2v) is 7.87. The fourth-order valence-electron chi connectivity index (χ4n) is 3.89. The molecule has 5 aromatic rings. The molecule has 1 saturated carbocycles. The molecule has 0 amide bonds. The van der Waals surface area contributed by atoms with Gasteiger partial charge in [0.15, 0.2) is 22.8 Å². The van der Waals surface area contributed by atoms with Crippen molar-refractivity contribution in [1.29, 1.82) is 0 Å². The smallest absolute Gasteiger partial charge is 0.268 e. The number of fused-ring (bicyclic) bond motifs is 3. The highest BCUT2D eigenvalue weighted by molar-refractivity contribution is 5.89. The van der Waals surface area contributed by atoms with Gasteiger partial charge >= 0.3 is 6.18 Å². The van der Waals surface area contributed by atoms with E-state index in [4.69, 9.17) is 0 Å². The Hall–Kier alpha value is -3.76. The van der Waals surface area contributed by atoms with Gasteiger partial charge in [-0.1, -0.05) is 18.2 Å². The van der Waals surface area contributed by atoms with Crippen molar-refractivity contribution in [2.45, 2.75) is 37.9 Å². The van der Waals surface area contributed by atoms with Crippen LogP contribution in [0.5, 0.6) is 0 Å². The summed E-state index contributed by atoms with van der Waals surface area (Å²) in [6.07, 6.45) is 0.953. The van der Waals surface area contributed by atoms with Crippen LogP contribution in [0.15, 0.2) is 48.9 Å². The van der Waals surface area contributed by atoms with E-state index in [0.717, 1.165) is 23.9 Å². The van der Waals surface area contributed by atoms with Crippen LogP contribution in [0.1, 0.15) is 36.0 Å². The van der Waals surface area contributed by atoms with Crippen LogP contribution in [0.25, 0.3) is 22.4 Å². The topological polar surface area (TPSA) is 78.7 Å². The summed E-state index contributed by atoms with van der Waals surface area (Å²) in [5.74, 6) is 0.665. The molecule has 4 aromatic heterocycles. The zero-order valence-corrected chi connectivity index (χ0v) is 16.7. The molecule has 1 fully saturated rings. The van der Waals surface area contributed by atoms with E-state index in [1.807, 2.05) is 30.3 Å². The SMILES string of the molecule is FC(F)(F)c1cc(C2CC2)n(CCc2nc3c4cnn(-c5ccccc5)c4ncn3n2)n1. The van der Waals surface area contributed by atoms with Crippen LogP contribution in [-0.4, -0.2) is 39.1 Å². The van der Waals surface area contributed by atoms with E-state index >= 15 is 0 Å². The maximum atomic E-state index is 13.1. The minimum absolute atomic E-state index is 0.153. The summed E-state index contributed by atoms with van der Waals surface area (Å²) < 4.78 is 44.1. The van der Waals surface area contributed by atoms with Crippen LogP contribution in [0.2, 0.25) is 0 Å². The van der Waals surface area contributed by atoms with Gasteiger partial charge in [-0.3, -0.25) is 4.68 Å². The van der Waals surface area contributed by atoms with Crippen molar-refractivity contribution in [2.24, 2.45) is 0 Å². The average molecular weight is 438 g/mol. The van der Waals surface area contributed by atoms with Gasteiger partial charge in [0.05, 0.1) is 17.3 Å². The van der Waals surface area contributed by atoms with Gasteiger partial charge in [0.2, 0.25) is 0 Å². The van der Waals surface area contributed by atoms with Gasteiger partial charge in [-0.2, -0.15) is 23.4 Å². The molecule has 0 radical (unpaired) electrons. The molecule has 1 aliphatic carbocycles. The number of hydrogen-bond acceptors (Lipinski definition) is 5. The highest BCUT2D eigenvalue weighted by Crippen LogP contribution is 2.42. The van der Waals surface area contributed by atoms with Crippen LogP contribution >= 0.6 is 0 Å². The minimum Gasteiger partial charge on any atom is -0.268 e. The first-order valence-corrected chi connectivity index (χ1v) is 10.3. The second kappa shape index (κ2) is 6.87. The number of benzene rings is 1. The van der Waals surface area contributed by atoms with Crippen molar-refractivity contribution >= 4 is 16.7 Å². The highest BCUT2D eigenvalue weighted by Gasteiger charge is 2.37. The van der Waals surface area contributed by atoms with Crippen molar-refractivity contribution < 1.29 is 13.2 Å². The lowest BCUT2D eigenvalue weighted by Crippen LogP contribution is -2.10. The van der Waals surface area contributed by atoms with Crippen LogP contribution in [-0.2, 0) is 19.1 Å². The van der Waals surface area contributed by atoms with Crippen molar-refractivity contribution in [2.75, 3.05) is 0 Å². The maximum Gasteiger partial charge on any atom is 0.435 e. The van der Waals surface area contributed by atoms with Crippen molar-refractivity contribution in [3.05, 3.63) is 66.1 Å². The van der Waals surface area contributed by atoms with Crippen molar-refractivity contribution in [3.63, 3.8) is 0 Å². The van der Waals surface area contributed by atoms with E-state index in [9.17, 15) is 13.2 Å². The Morgan fingerprint density at radius 1 is 1.03 bits per heavy atom. The Kier molecular flexibility index (Phi) is 4.07. The van der Waals surface area contributed by atoms with Crippen LogP contribution in [0, 0.1) is 0 Å². The maximum absolute atomic E-state index is 13.1. The van der Waals surface area contributed by atoms with E-state index in [2.05, 4.69) is 25.3 Å². The molecule has 0 bridgehead atoms. The van der Waals surface area contributed by atoms with Crippen LogP contribution < -0.4 is 0 Å². The van der Waals surface area contributed by atoms with E-state index < -0.39 is 11.9 Å². The molecule has 0 saturated heterocycles. The average Bonchev–Trinajstić information content (AvgIpc) is 3.20. The van der Waals surface area contributed by atoms with Crippen molar-refractivity contribution in [1.82, 2.24) is 39.1 Å². The molecule has 0 unspecified atom stereocenters. The summed E-state index contributed by atoms with van der Waals surface area (Å²) in [7, 11) is 0. The number of aryl methyl sites for hydroxylation is 2. The lowest BCUT2D eigenvalue weighted by molar-refractivity contribution is -0.141. The largest absolute Gasteiger partial charge is 0.435 e. The Morgan fingerprint density at radius 2 is 1.84 bits per heavy atom. The normalized spacial score (nSPS) is 14.6. The number of alkyl halides is 3. The van der Waals surface area contributed by atoms with Gasteiger partial charge in [-0.15, -0.1) is 5.10 Å². The molecule has 0 N–H and O–H groups in total. The molecule has 0 spiro atoms. The van der Waals surface area contributed by atoms with Crippen LogP contribution in [0.3, 0.4) is 0 Å². The lowest BCUT2D eigenvalue weighted by atomic mass is 10.2. The zero-order valence-electron chi connectivity index (χ0n) is 16.7. The predicted octanol–water partition coefficient (Wildman–Crippen LogP) is 3.80. The first kappa shape index (κ1) is 19.0. The predicted molar refractivity (Wildman–Crippen MR) is 108 cm³/mol. The third-order valence-electron chi connectivity index (χ3n) is 5.59. The quantitative estimate of drug-likeness (QED) is 0.417. The fourth-order valence-corrected chi connectivity index (χ4v) is 3.89. The van der Waals surface area contributed by atoms with Crippen molar-refractivity contribution in [3.8, 4) is 5.69 Å². The Labute approximate surface area is 179 Å². The third kappa shape index (κ3) is 3.20. The summed E-state index contributed by atoms with van der Waals surface area (Å²) in [5.41, 5.74) is 1.92. The molecule has 11 heteroatoms. The first-order chi connectivity index (χ1) is 15.5. The standard InChI is InChI=1S/C21H17F3N8/c22-21(23,24)17-10-16(13-6-7-13)30(28-17)9-8-18-27-20-15-11-26-32(14-4-2-1-3-5-14)19(15)25-12-31(20)29-18/h1-5,10-13H,6-9H2. The summed E-state index contributed by atoms with van der Waals surface area (Å²) in [5, 5.41) is 13.4. The first-order valence-electron chi connectivity index (χ1n) is 10.3. The number of aromatic nitrogens is 8. The summed E-state index contributed by atoms with van der Waals surface area (Å²) in [6, 6.07) is 10.8. The minimum atomic E-state index is -4.45. The van der Waals surface area contributed by atoms with E-state index in [0.29, 0.717) is 29.2 Å². The summed E-state index contributed by atoms with van der Waals surface area (Å²) >= 11 is 0. The molecule has 162 valence electrons. The van der Waals surface area contributed by atoms with Gasteiger partial charge in [0.1, 0.15) is 6.33 Å². The molecule has 0 aliphatic heterocycles. The molecule has 32 heavy (non-hydrogen) atoms. The number of nitrogens with zero attached hydrogens (tertiary/aromatic N) is 8.